The molecule has 2 heterocycles. The molecule has 0 bridgehead atoms. The first-order chi connectivity index (χ1) is 18.0. The van der Waals surface area contributed by atoms with Gasteiger partial charge in [0, 0.05) is 41.1 Å². The number of halogens is 1. The van der Waals surface area contributed by atoms with Crippen molar-refractivity contribution in [2.24, 2.45) is 5.10 Å². The standard InChI is InChI=1S/C29H25BrN4O3/c30-22-16-14-20(15-17-22)25-18-26(34(31-25)27(35)12-7-13-28(36)37)24-19-33(23-10-5-2-6-11-23)32-29(24)21-8-3-1-4-9-21/h1-6,8-11,14-17,19,26H,7,12-13,18H2,(H,36,37)/t26-/m0/s1. The van der Waals surface area contributed by atoms with Crippen LogP contribution in [0.1, 0.15) is 42.9 Å². The lowest BCUT2D eigenvalue weighted by Gasteiger charge is -2.22. The molecule has 0 saturated carbocycles. The largest absolute Gasteiger partial charge is 0.481 e. The maximum Gasteiger partial charge on any atom is 0.303 e. The van der Waals surface area contributed by atoms with E-state index in [4.69, 9.17) is 15.3 Å². The zero-order chi connectivity index (χ0) is 25.8. The molecule has 0 aliphatic carbocycles. The van der Waals surface area contributed by atoms with Gasteiger partial charge in [0.05, 0.1) is 23.1 Å². The van der Waals surface area contributed by atoms with Crippen LogP contribution in [0.3, 0.4) is 0 Å². The van der Waals surface area contributed by atoms with Crippen LogP contribution in [-0.2, 0) is 9.59 Å². The molecule has 4 aromatic rings. The number of carbonyl (C=O) groups is 2. The Morgan fingerprint density at radius 1 is 0.892 bits per heavy atom. The van der Waals surface area contributed by atoms with Crippen molar-refractivity contribution < 1.29 is 14.7 Å². The quantitative estimate of drug-likeness (QED) is 0.278. The highest BCUT2D eigenvalue weighted by atomic mass is 79.9. The third kappa shape index (κ3) is 5.54. The predicted molar refractivity (Wildman–Crippen MR) is 145 cm³/mol. The molecule has 37 heavy (non-hydrogen) atoms. The molecule has 0 saturated heterocycles. The number of aromatic nitrogens is 2. The number of aliphatic carboxylic acids is 1. The molecule has 1 amide bonds. The summed E-state index contributed by atoms with van der Waals surface area (Å²) in [6.07, 6.45) is 2.80. The zero-order valence-corrected chi connectivity index (χ0v) is 21.6. The maximum absolute atomic E-state index is 13.4. The average molecular weight is 557 g/mol. The number of rotatable bonds is 8. The number of para-hydroxylation sites is 1. The van der Waals surface area contributed by atoms with E-state index in [-0.39, 0.29) is 31.2 Å². The Morgan fingerprint density at radius 2 is 1.57 bits per heavy atom. The first-order valence-corrected chi connectivity index (χ1v) is 12.9. The highest BCUT2D eigenvalue weighted by Gasteiger charge is 2.36. The van der Waals surface area contributed by atoms with Crippen molar-refractivity contribution in [3.05, 3.63) is 107 Å². The molecule has 3 aromatic carbocycles. The van der Waals surface area contributed by atoms with Crippen LogP contribution in [0.4, 0.5) is 0 Å². The third-order valence-electron chi connectivity index (χ3n) is 6.29. The Morgan fingerprint density at radius 3 is 2.24 bits per heavy atom. The van der Waals surface area contributed by atoms with E-state index in [0.29, 0.717) is 6.42 Å². The third-order valence-corrected chi connectivity index (χ3v) is 6.82. The van der Waals surface area contributed by atoms with E-state index in [0.717, 1.165) is 38.3 Å². The van der Waals surface area contributed by atoms with Crippen LogP contribution in [0.5, 0.6) is 0 Å². The Kier molecular flexibility index (Phi) is 7.28. The molecule has 1 atom stereocenters. The van der Waals surface area contributed by atoms with Gasteiger partial charge >= 0.3 is 5.97 Å². The summed E-state index contributed by atoms with van der Waals surface area (Å²) < 4.78 is 2.80. The van der Waals surface area contributed by atoms with Crippen molar-refractivity contribution in [2.75, 3.05) is 0 Å². The molecule has 0 unspecified atom stereocenters. The van der Waals surface area contributed by atoms with E-state index in [2.05, 4.69) is 15.9 Å². The van der Waals surface area contributed by atoms with Crippen LogP contribution in [0.15, 0.2) is 101 Å². The van der Waals surface area contributed by atoms with Gasteiger partial charge in [-0.05, 0) is 36.2 Å². The summed E-state index contributed by atoms with van der Waals surface area (Å²) in [6, 6.07) is 27.2. The number of hydrogen-bond donors (Lipinski definition) is 1. The molecule has 8 heteroatoms. The Balaban J connectivity index is 1.56. The van der Waals surface area contributed by atoms with Crippen LogP contribution >= 0.6 is 15.9 Å². The molecule has 5 rings (SSSR count). The van der Waals surface area contributed by atoms with Gasteiger partial charge in [-0.15, -0.1) is 0 Å². The van der Waals surface area contributed by atoms with Gasteiger partial charge in [0.2, 0.25) is 5.91 Å². The second kappa shape index (κ2) is 10.9. The van der Waals surface area contributed by atoms with Crippen molar-refractivity contribution in [3.63, 3.8) is 0 Å². The van der Waals surface area contributed by atoms with Gasteiger partial charge in [-0.1, -0.05) is 76.6 Å². The molecule has 0 fully saturated rings. The maximum atomic E-state index is 13.4. The predicted octanol–water partition coefficient (Wildman–Crippen LogP) is 6.23. The number of nitrogens with zero attached hydrogens (tertiary/aromatic N) is 4. The summed E-state index contributed by atoms with van der Waals surface area (Å²) in [6.45, 7) is 0. The SMILES string of the molecule is O=C(O)CCCC(=O)N1N=C(c2ccc(Br)cc2)C[C@H]1c1cn(-c2ccccc2)nc1-c1ccccc1. The van der Waals surface area contributed by atoms with Crippen LogP contribution < -0.4 is 0 Å². The second-order valence-electron chi connectivity index (χ2n) is 8.84. The Labute approximate surface area is 223 Å². The summed E-state index contributed by atoms with van der Waals surface area (Å²) in [5, 5.41) is 20.3. The van der Waals surface area contributed by atoms with Crippen molar-refractivity contribution >= 4 is 33.5 Å². The lowest BCUT2D eigenvalue weighted by Crippen LogP contribution is -2.27. The molecule has 7 nitrogen and oxygen atoms in total. The summed E-state index contributed by atoms with van der Waals surface area (Å²) in [4.78, 5) is 24.4. The molecule has 1 N–H and O–H groups in total. The Hall–Kier alpha value is -4.04. The number of benzene rings is 3. The van der Waals surface area contributed by atoms with Crippen LogP contribution in [0, 0.1) is 0 Å². The number of hydrazone groups is 1. The van der Waals surface area contributed by atoms with Gasteiger partial charge in [0.15, 0.2) is 0 Å². The first-order valence-electron chi connectivity index (χ1n) is 12.1. The smallest absolute Gasteiger partial charge is 0.303 e. The van der Waals surface area contributed by atoms with E-state index < -0.39 is 5.97 Å². The highest BCUT2D eigenvalue weighted by molar-refractivity contribution is 9.10. The molecule has 1 aliphatic heterocycles. The number of amides is 1. The first kappa shape index (κ1) is 24.6. The summed E-state index contributed by atoms with van der Waals surface area (Å²) in [5.41, 5.74) is 5.27. The number of hydrogen-bond acceptors (Lipinski definition) is 4. The molecule has 0 spiro atoms. The fourth-order valence-electron chi connectivity index (χ4n) is 4.47. The second-order valence-corrected chi connectivity index (χ2v) is 9.75. The van der Waals surface area contributed by atoms with Gasteiger partial charge in [0.1, 0.15) is 0 Å². The van der Waals surface area contributed by atoms with Crippen molar-refractivity contribution in [1.29, 1.82) is 0 Å². The molecule has 1 aromatic heterocycles. The van der Waals surface area contributed by atoms with E-state index >= 15 is 0 Å². The minimum absolute atomic E-state index is 0.0608. The molecule has 186 valence electrons. The van der Waals surface area contributed by atoms with Gasteiger partial charge in [-0.2, -0.15) is 10.2 Å². The number of carboxylic acid groups (broad SMARTS) is 1. The minimum Gasteiger partial charge on any atom is -0.481 e. The van der Waals surface area contributed by atoms with E-state index in [9.17, 15) is 9.59 Å². The van der Waals surface area contributed by atoms with Crippen molar-refractivity contribution in [2.45, 2.75) is 31.7 Å². The van der Waals surface area contributed by atoms with E-state index in [1.54, 1.807) is 0 Å². The summed E-state index contributed by atoms with van der Waals surface area (Å²) >= 11 is 3.47. The number of carboxylic acids is 1. The molecular formula is C29H25BrN4O3. The van der Waals surface area contributed by atoms with E-state index in [1.165, 1.54) is 5.01 Å². The fourth-order valence-corrected chi connectivity index (χ4v) is 4.73. The topological polar surface area (TPSA) is 87.8 Å². The monoisotopic (exact) mass is 556 g/mol. The van der Waals surface area contributed by atoms with Crippen LogP contribution in [0.25, 0.3) is 16.9 Å². The molecule has 1 aliphatic rings. The minimum atomic E-state index is -0.916. The van der Waals surface area contributed by atoms with Gasteiger partial charge in [-0.25, -0.2) is 9.69 Å². The molecule has 0 radical (unpaired) electrons. The molecular weight excluding hydrogens is 532 g/mol. The van der Waals surface area contributed by atoms with Gasteiger partial charge in [0.25, 0.3) is 0 Å². The van der Waals surface area contributed by atoms with Crippen molar-refractivity contribution in [3.8, 4) is 16.9 Å². The Bertz CT molecular complexity index is 1430. The van der Waals surface area contributed by atoms with E-state index in [1.807, 2.05) is 95.8 Å². The number of carbonyl (C=O) groups excluding carboxylic acids is 1. The van der Waals surface area contributed by atoms with Gasteiger partial charge < -0.3 is 5.11 Å². The van der Waals surface area contributed by atoms with Gasteiger partial charge in [-0.3, -0.25) is 9.59 Å². The lowest BCUT2D eigenvalue weighted by molar-refractivity contribution is -0.137. The average Bonchev–Trinajstić information content (AvgIpc) is 3.55. The fraction of sp³-hybridized carbons (Fsp3) is 0.172. The normalized spacial score (nSPS) is 15.0. The van der Waals surface area contributed by atoms with Crippen molar-refractivity contribution in [1.82, 2.24) is 14.8 Å². The lowest BCUT2D eigenvalue weighted by atomic mass is 9.96. The highest BCUT2D eigenvalue weighted by Crippen LogP contribution is 2.38. The zero-order valence-electron chi connectivity index (χ0n) is 20.0. The van der Waals surface area contributed by atoms with Crippen LogP contribution in [0.2, 0.25) is 0 Å². The summed E-state index contributed by atoms with van der Waals surface area (Å²) in [5.74, 6) is -1.12. The summed E-state index contributed by atoms with van der Waals surface area (Å²) in [7, 11) is 0. The van der Waals surface area contributed by atoms with Crippen LogP contribution in [-0.4, -0.2) is 37.5 Å².